The number of hydrogen-bond acceptors (Lipinski definition) is 6. The van der Waals surface area contributed by atoms with Crippen LogP contribution in [0.25, 0.3) is 0 Å². The van der Waals surface area contributed by atoms with Crippen molar-refractivity contribution in [3.05, 3.63) is 11.8 Å². The molecule has 0 aliphatic carbocycles. The Bertz CT molecular complexity index is 355. The summed E-state index contributed by atoms with van der Waals surface area (Å²) in [7, 11) is -3.18. The third-order valence-corrected chi connectivity index (χ3v) is 3.38. The third-order valence-electron chi connectivity index (χ3n) is 1.63. The first-order valence-corrected chi connectivity index (χ1v) is 6.76. The van der Waals surface area contributed by atoms with Gasteiger partial charge in [-0.25, -0.2) is 0 Å². The molecule has 1 heterocycles. The van der Waals surface area contributed by atoms with Crippen molar-refractivity contribution in [1.29, 1.82) is 0 Å². The van der Waals surface area contributed by atoms with Gasteiger partial charge in [0.1, 0.15) is 5.76 Å². The maximum atomic E-state index is 12.0. The molecule has 0 saturated heterocycles. The number of ether oxygens (including phenoxy) is 1. The van der Waals surface area contributed by atoms with Gasteiger partial charge in [-0.2, -0.15) is 0 Å². The molecule has 6 nitrogen and oxygen atoms in total. The van der Waals surface area contributed by atoms with Crippen LogP contribution in [0, 0.1) is 6.92 Å². The summed E-state index contributed by atoms with van der Waals surface area (Å²) in [6.45, 7) is 5.83. The maximum absolute atomic E-state index is 12.0. The summed E-state index contributed by atoms with van der Waals surface area (Å²) < 4.78 is 32.0. The monoisotopic (exact) mass is 249 g/mol. The van der Waals surface area contributed by atoms with Crippen LogP contribution in [-0.4, -0.2) is 24.7 Å². The van der Waals surface area contributed by atoms with Gasteiger partial charge in [-0.3, -0.25) is 4.57 Å². The first kappa shape index (κ1) is 13.2. The first-order chi connectivity index (χ1) is 7.59. The molecule has 16 heavy (non-hydrogen) atoms. The molecule has 0 spiro atoms. The van der Waals surface area contributed by atoms with Crippen LogP contribution in [0.2, 0.25) is 0 Å². The van der Waals surface area contributed by atoms with Gasteiger partial charge in [0.15, 0.2) is 6.35 Å². The molecule has 0 unspecified atom stereocenters. The van der Waals surface area contributed by atoms with Crippen LogP contribution in [0.3, 0.4) is 0 Å². The Morgan fingerprint density at radius 2 is 2.00 bits per heavy atom. The van der Waals surface area contributed by atoms with E-state index >= 15 is 0 Å². The van der Waals surface area contributed by atoms with E-state index < -0.39 is 7.60 Å². The first-order valence-electron chi connectivity index (χ1n) is 5.04. The van der Waals surface area contributed by atoms with E-state index in [1.165, 1.54) is 0 Å². The molecule has 1 rings (SSSR count). The molecule has 0 aromatic carbocycles. The molecule has 1 aromatic heterocycles. The second-order valence-corrected chi connectivity index (χ2v) is 4.99. The highest BCUT2D eigenvalue weighted by Crippen LogP contribution is 2.47. The fraction of sp³-hybridized carbons (Fsp3) is 0.667. The lowest BCUT2D eigenvalue weighted by atomic mass is 10.5. The van der Waals surface area contributed by atoms with Crippen molar-refractivity contribution in [2.24, 2.45) is 0 Å². The summed E-state index contributed by atoms with van der Waals surface area (Å²) in [6.07, 6.45) is -0.166. The van der Waals surface area contributed by atoms with Gasteiger partial charge in [-0.05, 0) is 25.9 Å². The minimum absolute atomic E-state index is 0.166. The van der Waals surface area contributed by atoms with Crippen molar-refractivity contribution >= 4 is 7.60 Å². The lowest BCUT2D eigenvalue weighted by Crippen LogP contribution is -2.05. The molecule has 0 saturated carbocycles. The van der Waals surface area contributed by atoms with Crippen LogP contribution in [0.1, 0.15) is 19.6 Å². The fourth-order valence-electron chi connectivity index (χ4n) is 1.06. The van der Waals surface area contributed by atoms with Gasteiger partial charge < -0.3 is 18.3 Å². The van der Waals surface area contributed by atoms with Crippen molar-refractivity contribution in [1.82, 2.24) is 5.16 Å². The molecular formula is C9H16NO5P. The smallest absolute Gasteiger partial charge is 0.367 e. The second-order valence-electron chi connectivity index (χ2n) is 3.00. The highest BCUT2D eigenvalue weighted by Gasteiger charge is 2.25. The molecule has 0 bridgehead atoms. The zero-order valence-corrected chi connectivity index (χ0v) is 10.5. The molecular weight excluding hydrogens is 233 g/mol. The molecule has 0 radical (unpaired) electrons. The Balaban J connectivity index is 2.53. The van der Waals surface area contributed by atoms with Gasteiger partial charge in [0.25, 0.3) is 5.88 Å². The molecule has 7 heteroatoms. The van der Waals surface area contributed by atoms with E-state index in [0.717, 1.165) is 0 Å². The van der Waals surface area contributed by atoms with E-state index in [2.05, 4.69) is 5.16 Å². The van der Waals surface area contributed by atoms with Crippen LogP contribution in [0.15, 0.2) is 10.6 Å². The van der Waals surface area contributed by atoms with Crippen molar-refractivity contribution < 1.29 is 22.9 Å². The lowest BCUT2D eigenvalue weighted by molar-refractivity contribution is 0.193. The zero-order chi connectivity index (χ0) is 12.0. The zero-order valence-electron chi connectivity index (χ0n) is 9.63. The number of aromatic nitrogens is 1. The minimum atomic E-state index is -3.18. The molecule has 0 fully saturated rings. The summed E-state index contributed by atoms with van der Waals surface area (Å²) in [6, 6.07) is 1.60. The predicted molar refractivity (Wildman–Crippen MR) is 57.6 cm³/mol. The summed E-state index contributed by atoms with van der Waals surface area (Å²) in [4.78, 5) is 0. The fourth-order valence-corrected chi connectivity index (χ4v) is 2.36. The van der Waals surface area contributed by atoms with Crippen molar-refractivity contribution in [3.8, 4) is 5.88 Å². The Morgan fingerprint density at radius 3 is 2.44 bits per heavy atom. The SMILES string of the molecule is CCOP(=O)(COc1cc(C)on1)OCC. The van der Waals surface area contributed by atoms with E-state index in [4.69, 9.17) is 18.3 Å². The van der Waals surface area contributed by atoms with E-state index in [9.17, 15) is 4.57 Å². The third kappa shape index (κ3) is 3.96. The number of hydrogen-bond donors (Lipinski definition) is 0. The second kappa shape index (κ2) is 6.03. The molecule has 0 atom stereocenters. The molecule has 92 valence electrons. The van der Waals surface area contributed by atoms with Crippen LogP contribution in [0.4, 0.5) is 0 Å². The van der Waals surface area contributed by atoms with E-state index in [1.54, 1.807) is 26.8 Å². The van der Waals surface area contributed by atoms with E-state index in [1.807, 2.05) is 0 Å². The Morgan fingerprint density at radius 1 is 1.38 bits per heavy atom. The van der Waals surface area contributed by atoms with Gasteiger partial charge in [-0.15, -0.1) is 0 Å². The summed E-state index contributed by atoms with van der Waals surface area (Å²) in [5.41, 5.74) is 0. The maximum Gasteiger partial charge on any atom is 0.367 e. The highest BCUT2D eigenvalue weighted by atomic mass is 31.2. The summed E-state index contributed by atoms with van der Waals surface area (Å²) in [5.74, 6) is 0.898. The number of nitrogens with zero attached hydrogens (tertiary/aromatic N) is 1. The van der Waals surface area contributed by atoms with E-state index in [0.29, 0.717) is 19.0 Å². The normalized spacial score (nSPS) is 11.7. The van der Waals surface area contributed by atoms with Crippen LogP contribution in [0.5, 0.6) is 5.88 Å². The van der Waals surface area contributed by atoms with Crippen molar-refractivity contribution in [3.63, 3.8) is 0 Å². The average molecular weight is 249 g/mol. The van der Waals surface area contributed by atoms with Crippen LogP contribution >= 0.6 is 7.60 Å². The topological polar surface area (TPSA) is 70.8 Å². The standard InChI is InChI=1S/C9H16NO5P/c1-4-13-16(11,14-5-2)7-12-9-6-8(3)15-10-9/h6H,4-5,7H2,1-3H3. The van der Waals surface area contributed by atoms with E-state index in [-0.39, 0.29) is 12.2 Å². The lowest BCUT2D eigenvalue weighted by Gasteiger charge is -2.16. The summed E-state index contributed by atoms with van der Waals surface area (Å²) >= 11 is 0. The molecule has 0 aliphatic heterocycles. The van der Waals surface area contributed by atoms with Gasteiger partial charge >= 0.3 is 7.60 Å². The summed E-state index contributed by atoms with van der Waals surface area (Å²) in [5, 5.41) is 3.61. The number of aryl methyl sites for hydroxylation is 1. The van der Waals surface area contributed by atoms with Gasteiger partial charge in [0, 0.05) is 6.07 Å². The van der Waals surface area contributed by atoms with Gasteiger partial charge in [0.2, 0.25) is 0 Å². The predicted octanol–water partition coefficient (Wildman–Crippen LogP) is 2.59. The largest absolute Gasteiger partial charge is 0.462 e. The van der Waals surface area contributed by atoms with Gasteiger partial charge in [0.05, 0.1) is 13.2 Å². The van der Waals surface area contributed by atoms with Gasteiger partial charge in [-0.1, -0.05) is 0 Å². The number of rotatable bonds is 7. The Labute approximate surface area is 94.4 Å². The van der Waals surface area contributed by atoms with Crippen LogP contribution in [-0.2, 0) is 13.6 Å². The van der Waals surface area contributed by atoms with Crippen molar-refractivity contribution in [2.45, 2.75) is 20.8 Å². The Kier molecular flexibility index (Phi) is 4.99. The Hall–Kier alpha value is -0.840. The molecule has 0 aliphatic rings. The molecule has 0 N–H and O–H groups in total. The highest BCUT2D eigenvalue weighted by molar-refractivity contribution is 7.53. The van der Waals surface area contributed by atoms with Crippen molar-refractivity contribution in [2.75, 3.05) is 19.6 Å². The van der Waals surface area contributed by atoms with Crippen LogP contribution < -0.4 is 4.74 Å². The minimum Gasteiger partial charge on any atom is -0.462 e. The quantitative estimate of drug-likeness (QED) is 0.691. The molecule has 1 aromatic rings. The average Bonchev–Trinajstić information content (AvgIpc) is 2.62. The molecule has 0 amide bonds.